The smallest absolute Gasteiger partial charge is 0.259 e. The highest BCUT2D eigenvalue weighted by molar-refractivity contribution is 9.10. The van der Waals surface area contributed by atoms with Gasteiger partial charge in [0.1, 0.15) is 11.5 Å². The maximum absolute atomic E-state index is 13.2. The molecule has 0 saturated carbocycles. The van der Waals surface area contributed by atoms with Gasteiger partial charge in [-0.1, -0.05) is 21.1 Å². The molecule has 2 aromatic heterocycles. The maximum Gasteiger partial charge on any atom is 0.259 e. The summed E-state index contributed by atoms with van der Waals surface area (Å²) in [6.07, 6.45) is 0. The van der Waals surface area contributed by atoms with Gasteiger partial charge in [-0.2, -0.15) is 0 Å². The van der Waals surface area contributed by atoms with Gasteiger partial charge in [0.25, 0.3) is 11.6 Å². The summed E-state index contributed by atoms with van der Waals surface area (Å²) in [6, 6.07) is 14.8. The fourth-order valence-electron chi connectivity index (χ4n) is 2.79. The Morgan fingerprint density at radius 3 is 2.52 bits per heavy atom. The standard InChI is InChI=1S/C20H13BrFN3O2/c1-11-10-16(19(26)24-15-8-4-13(21)5-9-15)17-18(25-27-20(17)23-11)12-2-6-14(22)7-3-12/h2-10H,1H3,(H,24,26). The summed E-state index contributed by atoms with van der Waals surface area (Å²) >= 11 is 3.37. The number of aryl methyl sites for hydroxylation is 1. The summed E-state index contributed by atoms with van der Waals surface area (Å²) in [6.45, 7) is 1.77. The fraction of sp³-hybridized carbons (Fsp3) is 0.0500. The third-order valence-corrected chi connectivity index (χ3v) is 4.57. The molecule has 0 saturated heterocycles. The van der Waals surface area contributed by atoms with Gasteiger partial charge in [0.2, 0.25) is 0 Å². The fourth-order valence-corrected chi connectivity index (χ4v) is 3.05. The molecule has 0 aliphatic rings. The van der Waals surface area contributed by atoms with Gasteiger partial charge in [-0.05, 0) is 61.5 Å². The van der Waals surface area contributed by atoms with Crippen molar-refractivity contribution in [1.29, 1.82) is 0 Å². The van der Waals surface area contributed by atoms with E-state index >= 15 is 0 Å². The number of hydrogen-bond acceptors (Lipinski definition) is 4. The van der Waals surface area contributed by atoms with Gasteiger partial charge < -0.3 is 9.84 Å². The van der Waals surface area contributed by atoms with E-state index in [2.05, 4.69) is 31.4 Å². The molecule has 0 aliphatic heterocycles. The van der Waals surface area contributed by atoms with E-state index in [1.54, 1.807) is 37.3 Å². The van der Waals surface area contributed by atoms with Crippen molar-refractivity contribution in [2.45, 2.75) is 6.92 Å². The third kappa shape index (κ3) is 3.46. The number of benzene rings is 2. The number of aromatic nitrogens is 2. The number of pyridine rings is 1. The molecule has 0 atom stereocenters. The Bertz CT molecular complexity index is 1140. The third-order valence-electron chi connectivity index (χ3n) is 4.04. The molecule has 4 aromatic rings. The van der Waals surface area contributed by atoms with E-state index in [4.69, 9.17) is 4.52 Å². The normalized spacial score (nSPS) is 10.9. The molecule has 0 fully saturated rings. The van der Waals surface area contributed by atoms with Crippen molar-refractivity contribution < 1.29 is 13.7 Å². The number of rotatable bonds is 3. The first-order valence-corrected chi connectivity index (χ1v) is 8.90. The summed E-state index contributed by atoms with van der Waals surface area (Å²) in [5, 5.41) is 7.41. The van der Waals surface area contributed by atoms with Gasteiger partial charge in [0.05, 0.1) is 10.9 Å². The summed E-state index contributed by atoms with van der Waals surface area (Å²) in [5.74, 6) is -0.659. The van der Waals surface area contributed by atoms with Crippen LogP contribution in [0.15, 0.2) is 63.6 Å². The van der Waals surface area contributed by atoms with Gasteiger partial charge in [-0.3, -0.25) is 4.79 Å². The number of halogens is 2. The predicted octanol–water partition coefficient (Wildman–Crippen LogP) is 5.35. The second kappa shape index (κ2) is 6.92. The number of fused-ring (bicyclic) bond motifs is 1. The van der Waals surface area contributed by atoms with Crippen molar-refractivity contribution in [2.24, 2.45) is 0 Å². The molecule has 1 amide bonds. The van der Waals surface area contributed by atoms with E-state index in [1.807, 2.05) is 12.1 Å². The molecule has 0 aliphatic carbocycles. The van der Waals surface area contributed by atoms with E-state index in [1.165, 1.54) is 12.1 Å². The Balaban J connectivity index is 1.81. The maximum atomic E-state index is 13.2. The second-order valence-corrected chi connectivity index (χ2v) is 6.91. The first kappa shape index (κ1) is 17.4. The molecule has 0 bridgehead atoms. The first-order chi connectivity index (χ1) is 13.0. The lowest BCUT2D eigenvalue weighted by atomic mass is 10.0. The Labute approximate surface area is 162 Å². The van der Waals surface area contributed by atoms with Crippen LogP contribution in [0.25, 0.3) is 22.4 Å². The van der Waals surface area contributed by atoms with E-state index in [9.17, 15) is 9.18 Å². The van der Waals surface area contributed by atoms with E-state index in [0.29, 0.717) is 33.6 Å². The molecule has 4 rings (SSSR count). The lowest BCUT2D eigenvalue weighted by Gasteiger charge is -2.08. The van der Waals surface area contributed by atoms with Crippen LogP contribution < -0.4 is 5.32 Å². The number of carbonyl (C=O) groups is 1. The zero-order valence-electron chi connectivity index (χ0n) is 14.2. The quantitative estimate of drug-likeness (QED) is 0.480. The number of carbonyl (C=O) groups excluding carboxylic acids is 1. The van der Waals surface area contributed by atoms with Crippen LogP contribution in [0.2, 0.25) is 0 Å². The second-order valence-electron chi connectivity index (χ2n) is 5.99. The minimum atomic E-state index is -0.353. The Kier molecular flexibility index (Phi) is 4.45. The van der Waals surface area contributed by atoms with Gasteiger partial charge in [-0.25, -0.2) is 9.37 Å². The molecular formula is C20H13BrFN3O2. The van der Waals surface area contributed by atoms with Gasteiger partial charge in [0, 0.05) is 21.4 Å². The van der Waals surface area contributed by atoms with E-state index in [-0.39, 0.29) is 17.4 Å². The Hall–Kier alpha value is -3.06. The van der Waals surface area contributed by atoms with Crippen molar-refractivity contribution in [3.05, 3.63) is 76.1 Å². The number of anilines is 1. The zero-order valence-corrected chi connectivity index (χ0v) is 15.7. The first-order valence-electron chi connectivity index (χ1n) is 8.11. The molecule has 2 heterocycles. The van der Waals surface area contributed by atoms with Crippen molar-refractivity contribution in [2.75, 3.05) is 5.32 Å². The molecule has 7 heteroatoms. The van der Waals surface area contributed by atoms with Gasteiger partial charge in [-0.15, -0.1) is 0 Å². The van der Waals surface area contributed by atoms with Crippen LogP contribution in [0.3, 0.4) is 0 Å². The van der Waals surface area contributed by atoms with Crippen molar-refractivity contribution in [3.63, 3.8) is 0 Å². The van der Waals surface area contributed by atoms with Crippen molar-refractivity contribution >= 4 is 38.6 Å². The number of amides is 1. The molecule has 0 radical (unpaired) electrons. The number of nitrogens with one attached hydrogen (secondary N) is 1. The lowest BCUT2D eigenvalue weighted by Crippen LogP contribution is -2.13. The molecule has 0 spiro atoms. The minimum absolute atomic E-state index is 0.260. The molecule has 27 heavy (non-hydrogen) atoms. The number of nitrogens with zero attached hydrogens (tertiary/aromatic N) is 2. The summed E-state index contributed by atoms with van der Waals surface area (Å²) < 4.78 is 19.5. The zero-order chi connectivity index (χ0) is 19.0. The van der Waals surface area contributed by atoms with E-state index < -0.39 is 0 Å². The highest BCUT2D eigenvalue weighted by Gasteiger charge is 2.21. The summed E-state index contributed by atoms with van der Waals surface area (Å²) in [5.41, 5.74) is 3.02. The minimum Gasteiger partial charge on any atom is -0.335 e. The van der Waals surface area contributed by atoms with Crippen LogP contribution in [0.4, 0.5) is 10.1 Å². The van der Waals surface area contributed by atoms with Gasteiger partial charge >= 0.3 is 0 Å². The van der Waals surface area contributed by atoms with Crippen LogP contribution in [-0.4, -0.2) is 16.0 Å². The molecule has 0 unspecified atom stereocenters. The van der Waals surface area contributed by atoms with E-state index in [0.717, 1.165) is 4.47 Å². The van der Waals surface area contributed by atoms with Crippen molar-refractivity contribution in [1.82, 2.24) is 10.1 Å². The highest BCUT2D eigenvalue weighted by atomic mass is 79.9. The summed E-state index contributed by atoms with van der Waals surface area (Å²) in [4.78, 5) is 17.2. The SMILES string of the molecule is Cc1cc(C(=O)Nc2ccc(Br)cc2)c2c(-c3ccc(F)cc3)noc2n1. The molecule has 2 aromatic carbocycles. The number of hydrogen-bond donors (Lipinski definition) is 1. The average Bonchev–Trinajstić information content (AvgIpc) is 3.07. The average molecular weight is 426 g/mol. The topological polar surface area (TPSA) is 68.0 Å². The van der Waals surface area contributed by atoms with Gasteiger partial charge in [0.15, 0.2) is 0 Å². The van der Waals surface area contributed by atoms with Crippen LogP contribution in [-0.2, 0) is 0 Å². The molecule has 1 N–H and O–H groups in total. The van der Waals surface area contributed by atoms with Crippen LogP contribution >= 0.6 is 15.9 Å². The summed E-state index contributed by atoms with van der Waals surface area (Å²) in [7, 11) is 0. The van der Waals surface area contributed by atoms with Crippen molar-refractivity contribution in [3.8, 4) is 11.3 Å². The molecule has 134 valence electrons. The molecular weight excluding hydrogens is 413 g/mol. The van der Waals surface area contributed by atoms with Crippen LogP contribution in [0, 0.1) is 12.7 Å². The van der Waals surface area contributed by atoms with Crippen LogP contribution in [0.5, 0.6) is 0 Å². The largest absolute Gasteiger partial charge is 0.335 e. The predicted molar refractivity (Wildman–Crippen MR) is 104 cm³/mol. The Morgan fingerprint density at radius 2 is 1.81 bits per heavy atom. The monoisotopic (exact) mass is 425 g/mol. The molecule has 5 nitrogen and oxygen atoms in total. The lowest BCUT2D eigenvalue weighted by molar-refractivity contribution is 0.102. The highest BCUT2D eigenvalue weighted by Crippen LogP contribution is 2.31. The van der Waals surface area contributed by atoms with Crippen LogP contribution in [0.1, 0.15) is 16.1 Å². The Morgan fingerprint density at radius 1 is 1.11 bits per heavy atom.